The molecule has 0 saturated carbocycles. The van der Waals surface area contributed by atoms with E-state index in [9.17, 15) is 22.8 Å². The normalized spacial score (nSPS) is 17.0. The molecule has 8 nitrogen and oxygen atoms in total. The molecule has 1 fully saturated rings. The van der Waals surface area contributed by atoms with Gasteiger partial charge in [-0.2, -0.15) is 18.0 Å². The molecule has 2 aromatic rings. The van der Waals surface area contributed by atoms with Gasteiger partial charge < -0.3 is 10.2 Å². The number of hydrogen-bond donors (Lipinski definition) is 1. The summed E-state index contributed by atoms with van der Waals surface area (Å²) in [5.74, 6) is -0.220. The number of alkyl halides is 3. The highest BCUT2D eigenvalue weighted by molar-refractivity contribution is 5.96. The molecule has 2 amide bonds. The number of amides is 2. The fourth-order valence-corrected chi connectivity index (χ4v) is 3.35. The van der Waals surface area contributed by atoms with E-state index in [0.29, 0.717) is 30.8 Å². The Kier molecular flexibility index (Phi) is 6.18. The largest absolute Gasteiger partial charge is 0.416 e. The molecule has 1 atom stereocenters. The van der Waals surface area contributed by atoms with Crippen LogP contribution in [0.4, 0.5) is 13.2 Å². The molecular formula is C19H21F3N6O2. The maximum atomic E-state index is 13.1. The Morgan fingerprint density at radius 3 is 2.73 bits per heavy atom. The van der Waals surface area contributed by atoms with Crippen LogP contribution in [0.1, 0.15) is 35.4 Å². The average molecular weight is 422 g/mol. The first-order valence-corrected chi connectivity index (χ1v) is 9.34. The highest BCUT2D eigenvalue weighted by Crippen LogP contribution is 2.31. The van der Waals surface area contributed by atoms with Crippen molar-refractivity contribution >= 4 is 17.9 Å². The summed E-state index contributed by atoms with van der Waals surface area (Å²) in [7, 11) is 1.51. The van der Waals surface area contributed by atoms with Gasteiger partial charge in [0.15, 0.2) is 5.82 Å². The Morgan fingerprint density at radius 1 is 1.33 bits per heavy atom. The molecule has 1 aromatic heterocycles. The van der Waals surface area contributed by atoms with E-state index < -0.39 is 17.8 Å². The molecule has 30 heavy (non-hydrogen) atoms. The number of aryl methyl sites for hydroxylation is 1. The van der Waals surface area contributed by atoms with Crippen molar-refractivity contribution in [2.75, 3.05) is 13.6 Å². The van der Waals surface area contributed by atoms with Gasteiger partial charge in [0.1, 0.15) is 6.04 Å². The minimum atomic E-state index is -4.51. The second kappa shape index (κ2) is 8.64. The van der Waals surface area contributed by atoms with Crippen LogP contribution in [-0.4, -0.2) is 56.6 Å². The van der Waals surface area contributed by atoms with E-state index in [1.165, 1.54) is 35.0 Å². The van der Waals surface area contributed by atoms with E-state index in [0.717, 1.165) is 12.1 Å². The van der Waals surface area contributed by atoms with Gasteiger partial charge in [-0.25, -0.2) is 0 Å². The molecular weight excluding hydrogens is 401 g/mol. The van der Waals surface area contributed by atoms with E-state index >= 15 is 0 Å². The summed E-state index contributed by atoms with van der Waals surface area (Å²) in [6.45, 7) is 2.03. The molecule has 1 unspecified atom stereocenters. The van der Waals surface area contributed by atoms with Gasteiger partial charge in [-0.3, -0.25) is 9.59 Å². The summed E-state index contributed by atoms with van der Waals surface area (Å²) < 4.78 is 39.4. The number of carbonyl (C=O) groups excluding carboxylic acids is 2. The molecule has 1 saturated heterocycles. The molecule has 160 valence electrons. The number of rotatable bonds is 5. The minimum absolute atomic E-state index is 0.0385. The van der Waals surface area contributed by atoms with Gasteiger partial charge in [0.2, 0.25) is 11.8 Å². The number of halogens is 3. The van der Waals surface area contributed by atoms with Crippen LogP contribution in [0.3, 0.4) is 0 Å². The van der Waals surface area contributed by atoms with Crippen molar-refractivity contribution in [2.24, 2.45) is 0 Å². The maximum absolute atomic E-state index is 13.1. The van der Waals surface area contributed by atoms with Crippen LogP contribution in [0.5, 0.6) is 0 Å². The summed E-state index contributed by atoms with van der Waals surface area (Å²) in [6.07, 6.45) is -0.508. The van der Waals surface area contributed by atoms with Crippen molar-refractivity contribution in [3.05, 3.63) is 46.8 Å². The van der Waals surface area contributed by atoms with E-state index in [1.54, 1.807) is 6.92 Å². The highest BCUT2D eigenvalue weighted by atomic mass is 19.4. The number of nitrogens with zero attached hydrogens (tertiary/aromatic N) is 5. The van der Waals surface area contributed by atoms with Crippen LogP contribution in [0.25, 0.3) is 6.08 Å². The number of benzene rings is 1. The molecule has 11 heteroatoms. The quantitative estimate of drug-likeness (QED) is 0.742. The van der Waals surface area contributed by atoms with Gasteiger partial charge in [-0.1, -0.05) is 6.07 Å². The highest BCUT2D eigenvalue weighted by Gasteiger charge is 2.33. The van der Waals surface area contributed by atoms with Gasteiger partial charge >= 0.3 is 6.18 Å². The first kappa shape index (κ1) is 21.5. The van der Waals surface area contributed by atoms with Gasteiger partial charge in [0.25, 0.3) is 0 Å². The molecule has 1 aromatic carbocycles. The zero-order chi connectivity index (χ0) is 21.9. The first-order valence-electron chi connectivity index (χ1n) is 9.34. The number of nitrogens with one attached hydrogen (secondary N) is 1. The number of carbonyl (C=O) groups is 2. The Hall–Kier alpha value is -3.24. The Morgan fingerprint density at radius 2 is 2.10 bits per heavy atom. The fourth-order valence-electron chi connectivity index (χ4n) is 3.35. The molecule has 1 N–H and O–H groups in total. The van der Waals surface area contributed by atoms with Gasteiger partial charge in [-0.05, 0) is 54.3 Å². The lowest BCUT2D eigenvalue weighted by atomic mass is 10.0. The summed E-state index contributed by atoms with van der Waals surface area (Å²) in [5.41, 5.74) is -0.102. The van der Waals surface area contributed by atoms with Crippen molar-refractivity contribution in [2.45, 2.75) is 38.5 Å². The summed E-state index contributed by atoms with van der Waals surface area (Å²) in [6, 6.07) is 2.72. The second-order valence-electron chi connectivity index (χ2n) is 6.92. The third-order valence-corrected chi connectivity index (χ3v) is 4.83. The molecule has 3 rings (SSSR count). The van der Waals surface area contributed by atoms with Crippen molar-refractivity contribution < 1.29 is 22.8 Å². The lowest BCUT2D eigenvalue weighted by molar-refractivity contribution is -0.137. The van der Waals surface area contributed by atoms with Crippen molar-refractivity contribution in [1.29, 1.82) is 0 Å². The van der Waals surface area contributed by atoms with Crippen LogP contribution in [0.15, 0.2) is 24.3 Å². The summed E-state index contributed by atoms with van der Waals surface area (Å²) >= 11 is 0. The molecule has 0 bridgehead atoms. The summed E-state index contributed by atoms with van der Waals surface area (Å²) in [4.78, 5) is 27.2. The standard InChI is InChI=1S/C19H21F3N6O2/c1-12-24-26-28(25-12)11-14-10-15(19(20,21)22)7-5-13(14)6-8-17(29)27-9-3-4-16(27)18(30)23-2/h5-8,10,16H,3-4,9,11H2,1-2H3,(H,23,30). The van der Waals surface area contributed by atoms with Crippen LogP contribution < -0.4 is 5.32 Å². The van der Waals surface area contributed by atoms with E-state index in [-0.39, 0.29) is 23.9 Å². The van der Waals surface area contributed by atoms with Crippen LogP contribution in [0.2, 0.25) is 0 Å². The van der Waals surface area contributed by atoms with E-state index in [4.69, 9.17) is 0 Å². The molecule has 1 aliphatic heterocycles. The predicted molar refractivity (Wildman–Crippen MR) is 101 cm³/mol. The summed E-state index contributed by atoms with van der Waals surface area (Å²) in [5, 5.41) is 14.1. The van der Waals surface area contributed by atoms with Crippen LogP contribution >= 0.6 is 0 Å². The third-order valence-electron chi connectivity index (χ3n) is 4.83. The number of aromatic nitrogens is 4. The zero-order valence-corrected chi connectivity index (χ0v) is 16.5. The Bertz CT molecular complexity index is 969. The van der Waals surface area contributed by atoms with Crippen molar-refractivity contribution in [3.63, 3.8) is 0 Å². The van der Waals surface area contributed by atoms with E-state index in [2.05, 4.69) is 20.7 Å². The first-order chi connectivity index (χ1) is 14.2. The van der Waals surface area contributed by atoms with Crippen LogP contribution in [-0.2, 0) is 22.3 Å². The maximum Gasteiger partial charge on any atom is 0.416 e. The lowest BCUT2D eigenvalue weighted by Crippen LogP contribution is -2.44. The average Bonchev–Trinajstić information content (AvgIpc) is 3.34. The second-order valence-corrected chi connectivity index (χ2v) is 6.92. The number of likely N-dealkylation sites (tertiary alicyclic amines) is 1. The number of hydrogen-bond acceptors (Lipinski definition) is 5. The lowest BCUT2D eigenvalue weighted by Gasteiger charge is -2.21. The van der Waals surface area contributed by atoms with Gasteiger partial charge in [-0.15, -0.1) is 10.2 Å². The minimum Gasteiger partial charge on any atom is -0.357 e. The molecule has 0 aliphatic carbocycles. The molecule has 0 spiro atoms. The third kappa shape index (κ3) is 4.84. The van der Waals surface area contributed by atoms with Crippen molar-refractivity contribution in [3.8, 4) is 0 Å². The van der Waals surface area contributed by atoms with Crippen LogP contribution in [0, 0.1) is 6.92 Å². The SMILES string of the molecule is CNC(=O)C1CCCN1C(=O)C=Cc1ccc(C(F)(F)F)cc1Cn1nnc(C)n1. The van der Waals surface area contributed by atoms with Gasteiger partial charge in [0.05, 0.1) is 12.1 Å². The molecule has 2 heterocycles. The van der Waals surface area contributed by atoms with E-state index in [1.807, 2.05) is 0 Å². The number of likely N-dealkylation sites (N-methyl/N-ethyl adjacent to an activating group) is 1. The topological polar surface area (TPSA) is 93.0 Å². The predicted octanol–water partition coefficient (Wildman–Crippen LogP) is 1.80. The number of tetrazole rings is 1. The zero-order valence-electron chi connectivity index (χ0n) is 16.5. The Labute approximate surface area is 170 Å². The Balaban J connectivity index is 1.86. The van der Waals surface area contributed by atoms with Crippen molar-refractivity contribution in [1.82, 2.24) is 30.4 Å². The smallest absolute Gasteiger partial charge is 0.357 e. The fraction of sp³-hybridized carbons (Fsp3) is 0.421. The molecule has 1 aliphatic rings. The molecule has 0 radical (unpaired) electrons. The van der Waals surface area contributed by atoms with Gasteiger partial charge in [0, 0.05) is 19.7 Å². The monoisotopic (exact) mass is 422 g/mol.